The second-order valence-electron chi connectivity index (χ2n) is 5.81. The first-order valence-electron chi connectivity index (χ1n) is 7.29. The SMILES string of the molecule is c1cc(N2CCN(CC3CC3)CC2)c2nc[nH]c2c1. The van der Waals surface area contributed by atoms with Crippen LogP contribution in [0.4, 0.5) is 5.69 Å². The lowest BCUT2D eigenvalue weighted by Gasteiger charge is -2.36. The van der Waals surface area contributed by atoms with Gasteiger partial charge in [0.25, 0.3) is 0 Å². The smallest absolute Gasteiger partial charge is 0.112 e. The van der Waals surface area contributed by atoms with Crippen LogP contribution in [0.5, 0.6) is 0 Å². The summed E-state index contributed by atoms with van der Waals surface area (Å²) in [4.78, 5) is 12.8. The summed E-state index contributed by atoms with van der Waals surface area (Å²) < 4.78 is 0. The number of nitrogens with zero attached hydrogens (tertiary/aromatic N) is 3. The molecule has 1 aromatic heterocycles. The molecular formula is C15H20N4. The van der Waals surface area contributed by atoms with Gasteiger partial charge in [-0.2, -0.15) is 0 Å². The third-order valence-electron chi connectivity index (χ3n) is 4.35. The predicted molar refractivity (Wildman–Crippen MR) is 77.5 cm³/mol. The lowest BCUT2D eigenvalue weighted by atomic mass is 10.2. The van der Waals surface area contributed by atoms with Gasteiger partial charge in [0.2, 0.25) is 0 Å². The Labute approximate surface area is 113 Å². The van der Waals surface area contributed by atoms with Crippen molar-refractivity contribution < 1.29 is 0 Å². The summed E-state index contributed by atoms with van der Waals surface area (Å²) >= 11 is 0. The van der Waals surface area contributed by atoms with Crippen molar-refractivity contribution in [3.63, 3.8) is 0 Å². The zero-order chi connectivity index (χ0) is 12.7. The van der Waals surface area contributed by atoms with Gasteiger partial charge in [-0.25, -0.2) is 4.98 Å². The standard InChI is InChI=1S/C15H20N4/c1-2-13-15(17-11-16-13)14(3-1)19-8-6-18(7-9-19)10-12-4-5-12/h1-3,11-12H,4-10H2,(H,16,17). The molecular weight excluding hydrogens is 236 g/mol. The number of nitrogens with one attached hydrogen (secondary N) is 1. The fourth-order valence-electron chi connectivity index (χ4n) is 3.04. The molecule has 2 fully saturated rings. The third kappa shape index (κ3) is 2.21. The van der Waals surface area contributed by atoms with Crippen LogP contribution in [0, 0.1) is 5.92 Å². The van der Waals surface area contributed by atoms with Crippen LogP contribution in [0.3, 0.4) is 0 Å². The molecule has 4 heteroatoms. The highest BCUT2D eigenvalue weighted by Gasteiger charge is 2.26. The Balaban J connectivity index is 1.49. The van der Waals surface area contributed by atoms with Crippen molar-refractivity contribution in [2.75, 3.05) is 37.6 Å². The number of aromatic nitrogens is 2. The Kier molecular flexibility index (Phi) is 2.69. The van der Waals surface area contributed by atoms with E-state index in [-0.39, 0.29) is 0 Å². The molecule has 2 aromatic rings. The van der Waals surface area contributed by atoms with E-state index in [0.717, 1.165) is 30.0 Å². The molecule has 4 rings (SSSR count). The minimum absolute atomic E-state index is 1.00. The lowest BCUT2D eigenvalue weighted by Crippen LogP contribution is -2.47. The quantitative estimate of drug-likeness (QED) is 0.913. The van der Waals surface area contributed by atoms with E-state index in [1.165, 1.54) is 38.2 Å². The van der Waals surface area contributed by atoms with E-state index in [1.807, 2.05) is 0 Å². The fraction of sp³-hybridized carbons (Fsp3) is 0.533. The van der Waals surface area contributed by atoms with Crippen molar-refractivity contribution in [2.45, 2.75) is 12.8 Å². The van der Waals surface area contributed by atoms with E-state index in [2.05, 4.69) is 38.0 Å². The topological polar surface area (TPSA) is 35.2 Å². The molecule has 2 aliphatic rings. The van der Waals surface area contributed by atoms with E-state index >= 15 is 0 Å². The number of imidazole rings is 1. The zero-order valence-electron chi connectivity index (χ0n) is 11.2. The lowest BCUT2D eigenvalue weighted by molar-refractivity contribution is 0.248. The predicted octanol–water partition coefficient (Wildman–Crippen LogP) is 2.09. The van der Waals surface area contributed by atoms with Crippen LogP contribution < -0.4 is 4.90 Å². The normalized spacial score (nSPS) is 21.2. The van der Waals surface area contributed by atoms with Crippen LogP contribution in [-0.2, 0) is 0 Å². The molecule has 0 atom stereocenters. The van der Waals surface area contributed by atoms with E-state index in [1.54, 1.807) is 6.33 Å². The number of piperazine rings is 1. The largest absolute Gasteiger partial charge is 0.367 e. The Morgan fingerprint density at radius 3 is 2.79 bits per heavy atom. The van der Waals surface area contributed by atoms with Gasteiger partial charge in [-0.05, 0) is 30.9 Å². The third-order valence-corrected chi connectivity index (χ3v) is 4.35. The van der Waals surface area contributed by atoms with Gasteiger partial charge in [-0.15, -0.1) is 0 Å². The average molecular weight is 256 g/mol. The van der Waals surface area contributed by atoms with Crippen LogP contribution in [0.2, 0.25) is 0 Å². The molecule has 0 spiro atoms. The average Bonchev–Trinajstić information content (AvgIpc) is 3.13. The van der Waals surface area contributed by atoms with Gasteiger partial charge < -0.3 is 9.88 Å². The molecule has 100 valence electrons. The maximum Gasteiger partial charge on any atom is 0.112 e. The van der Waals surface area contributed by atoms with Crippen molar-refractivity contribution in [3.8, 4) is 0 Å². The minimum atomic E-state index is 1.00. The molecule has 1 saturated carbocycles. The number of benzene rings is 1. The highest BCUT2D eigenvalue weighted by Crippen LogP contribution is 2.30. The number of hydrogen-bond donors (Lipinski definition) is 1. The summed E-state index contributed by atoms with van der Waals surface area (Å²) in [6, 6.07) is 6.40. The van der Waals surface area contributed by atoms with E-state index in [9.17, 15) is 0 Å². The van der Waals surface area contributed by atoms with Gasteiger partial charge in [0.15, 0.2) is 0 Å². The number of H-pyrrole nitrogens is 1. The summed E-state index contributed by atoms with van der Waals surface area (Å²) in [6.45, 7) is 5.95. The molecule has 1 aliphatic heterocycles. The summed E-state index contributed by atoms with van der Waals surface area (Å²) in [5.41, 5.74) is 3.53. The van der Waals surface area contributed by atoms with Gasteiger partial charge in [-0.1, -0.05) is 6.07 Å². The summed E-state index contributed by atoms with van der Waals surface area (Å²) in [5.74, 6) is 1.00. The molecule has 4 nitrogen and oxygen atoms in total. The Bertz CT molecular complexity index is 564. The molecule has 19 heavy (non-hydrogen) atoms. The molecule has 0 amide bonds. The highest BCUT2D eigenvalue weighted by molar-refractivity contribution is 5.88. The maximum absolute atomic E-state index is 4.46. The molecule has 1 aromatic carbocycles. The molecule has 0 bridgehead atoms. The van der Waals surface area contributed by atoms with Gasteiger partial charge in [-0.3, -0.25) is 4.90 Å². The molecule has 1 aliphatic carbocycles. The zero-order valence-corrected chi connectivity index (χ0v) is 11.2. The van der Waals surface area contributed by atoms with Crippen LogP contribution in [0.25, 0.3) is 11.0 Å². The van der Waals surface area contributed by atoms with Gasteiger partial charge in [0.05, 0.1) is 17.5 Å². The summed E-state index contributed by atoms with van der Waals surface area (Å²) in [5, 5.41) is 0. The van der Waals surface area contributed by atoms with Crippen molar-refractivity contribution in [1.29, 1.82) is 0 Å². The molecule has 2 heterocycles. The molecule has 1 saturated heterocycles. The molecule has 0 unspecified atom stereocenters. The first kappa shape index (κ1) is 11.3. The van der Waals surface area contributed by atoms with Crippen molar-refractivity contribution in [2.24, 2.45) is 5.92 Å². The number of aromatic amines is 1. The second-order valence-corrected chi connectivity index (χ2v) is 5.81. The first-order valence-corrected chi connectivity index (χ1v) is 7.29. The monoisotopic (exact) mass is 256 g/mol. The fourth-order valence-corrected chi connectivity index (χ4v) is 3.04. The van der Waals surface area contributed by atoms with E-state index in [4.69, 9.17) is 0 Å². The summed E-state index contributed by atoms with van der Waals surface area (Å²) in [7, 11) is 0. The van der Waals surface area contributed by atoms with Gasteiger partial charge in [0, 0.05) is 32.7 Å². The van der Waals surface area contributed by atoms with Crippen molar-refractivity contribution >= 4 is 16.7 Å². The molecule has 1 N–H and O–H groups in total. The Morgan fingerprint density at radius 2 is 2.00 bits per heavy atom. The Morgan fingerprint density at radius 1 is 1.16 bits per heavy atom. The van der Waals surface area contributed by atoms with Crippen LogP contribution >= 0.6 is 0 Å². The highest BCUT2D eigenvalue weighted by atomic mass is 15.3. The van der Waals surface area contributed by atoms with Gasteiger partial charge in [0.1, 0.15) is 5.52 Å². The van der Waals surface area contributed by atoms with Gasteiger partial charge >= 0.3 is 0 Å². The first-order chi connectivity index (χ1) is 9.40. The maximum atomic E-state index is 4.46. The number of fused-ring (bicyclic) bond motifs is 1. The number of para-hydroxylation sites is 1. The number of rotatable bonds is 3. The Hall–Kier alpha value is -1.55. The van der Waals surface area contributed by atoms with E-state index in [0.29, 0.717) is 0 Å². The van der Waals surface area contributed by atoms with E-state index < -0.39 is 0 Å². The summed E-state index contributed by atoms with van der Waals surface area (Å²) in [6.07, 6.45) is 4.69. The minimum Gasteiger partial charge on any atom is -0.367 e. The van der Waals surface area contributed by atoms with Crippen LogP contribution in [-0.4, -0.2) is 47.6 Å². The van der Waals surface area contributed by atoms with Crippen LogP contribution in [0.1, 0.15) is 12.8 Å². The van der Waals surface area contributed by atoms with Crippen molar-refractivity contribution in [3.05, 3.63) is 24.5 Å². The number of anilines is 1. The molecule has 0 radical (unpaired) electrons. The van der Waals surface area contributed by atoms with Crippen molar-refractivity contribution in [1.82, 2.24) is 14.9 Å². The van der Waals surface area contributed by atoms with Crippen LogP contribution in [0.15, 0.2) is 24.5 Å². The second kappa shape index (κ2) is 4.53. The number of hydrogen-bond acceptors (Lipinski definition) is 3.